The highest BCUT2D eigenvalue weighted by molar-refractivity contribution is 5.92. The van der Waals surface area contributed by atoms with Gasteiger partial charge in [0.15, 0.2) is 5.65 Å². The van der Waals surface area contributed by atoms with Crippen molar-refractivity contribution < 1.29 is 9.90 Å². The number of aliphatic hydroxyl groups excluding tert-OH is 1. The lowest BCUT2D eigenvalue weighted by Crippen LogP contribution is -2.39. The second-order valence-corrected chi connectivity index (χ2v) is 8.50. The summed E-state index contributed by atoms with van der Waals surface area (Å²) >= 11 is 0. The molecule has 1 amide bonds. The summed E-state index contributed by atoms with van der Waals surface area (Å²) < 4.78 is 1.84. The maximum atomic E-state index is 13.3. The normalized spacial score (nSPS) is 19.4. The van der Waals surface area contributed by atoms with E-state index in [0.29, 0.717) is 17.9 Å². The highest BCUT2D eigenvalue weighted by Crippen LogP contribution is 2.32. The summed E-state index contributed by atoms with van der Waals surface area (Å²) in [7, 11) is 0. The van der Waals surface area contributed by atoms with E-state index in [-0.39, 0.29) is 18.6 Å². The number of aliphatic hydroxyl groups is 1. The van der Waals surface area contributed by atoms with E-state index in [2.05, 4.69) is 16.8 Å². The molecule has 5 heterocycles. The SMILES string of the molecule is Cc1cn2nc(C3CCCCN3C(=O)c3cccc(CO)n3)cc2nc1N1CCCC1. The fraction of sp³-hybridized carbons (Fsp3) is 0.478. The third-order valence-electron chi connectivity index (χ3n) is 6.32. The van der Waals surface area contributed by atoms with E-state index in [4.69, 9.17) is 10.1 Å². The molecule has 2 fully saturated rings. The summed E-state index contributed by atoms with van der Waals surface area (Å²) in [5, 5.41) is 14.2. The van der Waals surface area contributed by atoms with Crippen molar-refractivity contribution >= 4 is 17.4 Å². The average Bonchev–Trinajstić information content (AvgIpc) is 3.48. The topological polar surface area (TPSA) is 86.9 Å². The van der Waals surface area contributed by atoms with Crippen molar-refractivity contribution in [2.75, 3.05) is 24.5 Å². The molecule has 31 heavy (non-hydrogen) atoms. The highest BCUT2D eigenvalue weighted by Gasteiger charge is 2.31. The Morgan fingerprint density at radius 3 is 2.74 bits per heavy atom. The second kappa shape index (κ2) is 8.26. The van der Waals surface area contributed by atoms with Crippen LogP contribution in [0.3, 0.4) is 0 Å². The fourth-order valence-electron chi connectivity index (χ4n) is 4.75. The maximum absolute atomic E-state index is 13.3. The summed E-state index contributed by atoms with van der Waals surface area (Å²) in [6.45, 7) is 4.68. The molecule has 8 heteroatoms. The van der Waals surface area contributed by atoms with Gasteiger partial charge < -0.3 is 14.9 Å². The van der Waals surface area contributed by atoms with Crippen molar-refractivity contribution in [3.8, 4) is 0 Å². The van der Waals surface area contributed by atoms with E-state index in [1.165, 1.54) is 12.8 Å². The Morgan fingerprint density at radius 2 is 1.94 bits per heavy atom. The zero-order chi connectivity index (χ0) is 21.4. The maximum Gasteiger partial charge on any atom is 0.273 e. The van der Waals surface area contributed by atoms with Gasteiger partial charge in [-0.15, -0.1) is 0 Å². The Bertz CT molecular complexity index is 1100. The van der Waals surface area contributed by atoms with Gasteiger partial charge in [-0.25, -0.2) is 14.5 Å². The minimum absolute atomic E-state index is 0.0990. The van der Waals surface area contributed by atoms with E-state index in [1.807, 2.05) is 21.7 Å². The molecule has 1 N–H and O–H groups in total. The van der Waals surface area contributed by atoms with Crippen LogP contribution >= 0.6 is 0 Å². The molecule has 162 valence electrons. The minimum Gasteiger partial charge on any atom is -0.390 e. The lowest BCUT2D eigenvalue weighted by Gasteiger charge is -2.34. The minimum atomic E-state index is -0.179. The number of aryl methyl sites for hydroxylation is 1. The molecule has 5 rings (SSSR count). The number of aromatic nitrogens is 4. The van der Waals surface area contributed by atoms with E-state index >= 15 is 0 Å². The van der Waals surface area contributed by atoms with Crippen LogP contribution in [0.5, 0.6) is 0 Å². The second-order valence-electron chi connectivity index (χ2n) is 8.50. The third kappa shape index (κ3) is 3.76. The molecule has 2 aliphatic heterocycles. The van der Waals surface area contributed by atoms with Crippen molar-refractivity contribution in [2.45, 2.75) is 51.7 Å². The molecule has 0 saturated carbocycles. The van der Waals surface area contributed by atoms with Crippen LogP contribution in [0.2, 0.25) is 0 Å². The van der Waals surface area contributed by atoms with Gasteiger partial charge in [0.25, 0.3) is 5.91 Å². The summed E-state index contributed by atoms with van der Waals surface area (Å²) in [4.78, 5) is 26.7. The van der Waals surface area contributed by atoms with Crippen LogP contribution in [0.1, 0.15) is 65.6 Å². The Kier molecular flexibility index (Phi) is 5.31. The first kappa shape index (κ1) is 19.9. The smallest absolute Gasteiger partial charge is 0.273 e. The predicted octanol–water partition coefficient (Wildman–Crippen LogP) is 2.89. The molecule has 1 unspecified atom stereocenters. The molecule has 3 aromatic heterocycles. The van der Waals surface area contributed by atoms with Crippen LogP contribution in [0.15, 0.2) is 30.5 Å². The summed E-state index contributed by atoms with van der Waals surface area (Å²) in [5.74, 6) is 0.928. The number of anilines is 1. The van der Waals surface area contributed by atoms with Crippen molar-refractivity contribution in [1.29, 1.82) is 0 Å². The van der Waals surface area contributed by atoms with Crippen molar-refractivity contribution in [3.05, 3.63) is 53.1 Å². The van der Waals surface area contributed by atoms with Gasteiger partial charge in [-0.2, -0.15) is 5.10 Å². The zero-order valence-corrected chi connectivity index (χ0v) is 17.9. The number of pyridine rings is 1. The fourth-order valence-corrected chi connectivity index (χ4v) is 4.75. The van der Waals surface area contributed by atoms with Gasteiger partial charge in [-0.3, -0.25) is 4.79 Å². The van der Waals surface area contributed by atoms with Gasteiger partial charge in [0.05, 0.1) is 24.0 Å². The first-order valence-electron chi connectivity index (χ1n) is 11.1. The molecule has 0 spiro atoms. The monoisotopic (exact) mass is 420 g/mol. The lowest BCUT2D eigenvalue weighted by atomic mass is 9.99. The van der Waals surface area contributed by atoms with E-state index < -0.39 is 0 Å². The van der Waals surface area contributed by atoms with Crippen LogP contribution < -0.4 is 4.90 Å². The number of hydrogen-bond acceptors (Lipinski definition) is 6. The van der Waals surface area contributed by atoms with Crippen LogP contribution in [0, 0.1) is 6.92 Å². The summed E-state index contributed by atoms with van der Waals surface area (Å²) in [5.41, 5.74) is 3.68. The van der Waals surface area contributed by atoms with Crippen molar-refractivity contribution in [2.24, 2.45) is 0 Å². The standard InChI is InChI=1S/C23H28N6O2/c1-16-14-29-21(25-22(16)27-10-4-5-11-27)13-19(26-29)20-9-2-3-12-28(20)23(31)18-8-6-7-17(15-30)24-18/h6-8,13-14,20,30H,2-5,9-12,15H2,1H3. The number of carbonyl (C=O) groups excluding carboxylic acids is 1. The van der Waals surface area contributed by atoms with Crippen LogP contribution in [-0.2, 0) is 6.61 Å². The molecule has 2 aliphatic rings. The van der Waals surface area contributed by atoms with Gasteiger partial charge >= 0.3 is 0 Å². The van der Waals surface area contributed by atoms with Crippen LogP contribution in [0.25, 0.3) is 5.65 Å². The molecule has 0 radical (unpaired) electrons. The van der Waals surface area contributed by atoms with E-state index in [1.54, 1.807) is 18.2 Å². The quantitative estimate of drug-likeness (QED) is 0.698. The molecular weight excluding hydrogens is 392 g/mol. The average molecular weight is 421 g/mol. The highest BCUT2D eigenvalue weighted by atomic mass is 16.3. The molecule has 0 aromatic carbocycles. The molecular formula is C23H28N6O2. The number of rotatable bonds is 4. The molecule has 0 aliphatic carbocycles. The number of fused-ring (bicyclic) bond motifs is 1. The van der Waals surface area contributed by atoms with Gasteiger partial charge in [-0.05, 0) is 51.2 Å². The number of hydrogen-bond donors (Lipinski definition) is 1. The molecule has 8 nitrogen and oxygen atoms in total. The number of piperidine rings is 1. The number of likely N-dealkylation sites (tertiary alicyclic amines) is 1. The molecule has 1 atom stereocenters. The van der Waals surface area contributed by atoms with Gasteiger partial charge in [0, 0.05) is 37.5 Å². The largest absolute Gasteiger partial charge is 0.390 e. The lowest BCUT2D eigenvalue weighted by molar-refractivity contribution is 0.0599. The molecule has 3 aromatic rings. The third-order valence-corrected chi connectivity index (χ3v) is 6.32. The van der Waals surface area contributed by atoms with Crippen LogP contribution in [0.4, 0.5) is 5.82 Å². The van der Waals surface area contributed by atoms with Crippen LogP contribution in [-0.4, -0.2) is 55.1 Å². The predicted molar refractivity (Wildman–Crippen MR) is 117 cm³/mol. The Balaban J connectivity index is 1.47. The van der Waals surface area contributed by atoms with E-state index in [9.17, 15) is 9.90 Å². The number of amides is 1. The molecule has 0 bridgehead atoms. The van der Waals surface area contributed by atoms with E-state index in [0.717, 1.165) is 55.1 Å². The number of carbonyl (C=O) groups is 1. The summed E-state index contributed by atoms with van der Waals surface area (Å²) in [6, 6.07) is 7.12. The van der Waals surface area contributed by atoms with Crippen molar-refractivity contribution in [1.82, 2.24) is 24.5 Å². The number of nitrogens with zero attached hydrogens (tertiary/aromatic N) is 6. The first-order chi connectivity index (χ1) is 15.1. The Hall–Kier alpha value is -3.00. The van der Waals surface area contributed by atoms with Crippen molar-refractivity contribution in [3.63, 3.8) is 0 Å². The van der Waals surface area contributed by atoms with Gasteiger partial charge in [0.1, 0.15) is 11.5 Å². The van der Waals surface area contributed by atoms with Gasteiger partial charge in [-0.1, -0.05) is 6.07 Å². The molecule has 2 saturated heterocycles. The first-order valence-corrected chi connectivity index (χ1v) is 11.1. The van der Waals surface area contributed by atoms with Gasteiger partial charge in [0.2, 0.25) is 0 Å². The Morgan fingerprint density at radius 1 is 1.13 bits per heavy atom. The summed E-state index contributed by atoms with van der Waals surface area (Å²) in [6.07, 6.45) is 7.35. The Labute approximate surface area is 181 Å². The zero-order valence-electron chi connectivity index (χ0n) is 17.9.